The van der Waals surface area contributed by atoms with E-state index in [9.17, 15) is 13.2 Å². The Morgan fingerprint density at radius 2 is 2.00 bits per heavy atom. The van der Waals surface area contributed by atoms with Gasteiger partial charge in [0.25, 0.3) is 0 Å². The Kier molecular flexibility index (Phi) is 6.47. The Morgan fingerprint density at radius 3 is 2.66 bits per heavy atom. The van der Waals surface area contributed by atoms with Crippen LogP contribution in [0, 0.1) is 13.8 Å². The highest BCUT2D eigenvalue weighted by Gasteiger charge is 2.25. The number of carbonyl (C=O) groups is 1. The van der Waals surface area contributed by atoms with Gasteiger partial charge in [-0.25, -0.2) is 18.2 Å². The van der Waals surface area contributed by atoms with Crippen molar-refractivity contribution in [2.45, 2.75) is 31.0 Å². The average molecular weight is 475 g/mol. The summed E-state index contributed by atoms with van der Waals surface area (Å²) in [5.41, 5.74) is 1.40. The number of halogens is 2. The van der Waals surface area contributed by atoms with Crippen molar-refractivity contribution in [3.63, 3.8) is 0 Å². The lowest BCUT2D eigenvalue weighted by Gasteiger charge is -2.06. The van der Waals surface area contributed by atoms with Crippen LogP contribution in [-0.4, -0.2) is 24.6 Å². The zero-order valence-corrected chi connectivity index (χ0v) is 18.5. The second kappa shape index (κ2) is 8.70. The molecule has 0 spiro atoms. The third-order valence-electron chi connectivity index (χ3n) is 3.83. The van der Waals surface area contributed by atoms with Gasteiger partial charge in [0, 0.05) is 11.9 Å². The van der Waals surface area contributed by atoms with Crippen LogP contribution in [0.5, 0.6) is 0 Å². The Bertz CT molecular complexity index is 1140. The number of hydrogen-bond acceptors (Lipinski definition) is 7. The van der Waals surface area contributed by atoms with Gasteiger partial charge in [-0.15, -0.1) is 11.3 Å². The topological polar surface area (TPSA) is 114 Å². The van der Waals surface area contributed by atoms with Gasteiger partial charge in [0.15, 0.2) is 20.7 Å². The van der Waals surface area contributed by atoms with Crippen molar-refractivity contribution in [3.05, 3.63) is 56.3 Å². The van der Waals surface area contributed by atoms with Gasteiger partial charge < -0.3 is 9.84 Å². The van der Waals surface area contributed by atoms with E-state index in [0.29, 0.717) is 21.4 Å². The van der Waals surface area contributed by atoms with E-state index < -0.39 is 15.9 Å². The number of benzene rings is 1. The standard InChI is InChI=1S/C17H16Cl2N4O4S2/c1-9-15(10(2)27-23-9)29(25,26)8-12-7-28-17(21-12)22-16(24)20-6-11-3-4-13(18)14(19)5-11/h3-5,7H,6,8H2,1-2H3,(H2,20,21,22,24). The molecule has 29 heavy (non-hydrogen) atoms. The maximum Gasteiger partial charge on any atom is 0.321 e. The molecule has 0 atom stereocenters. The molecule has 3 rings (SSSR count). The molecule has 2 N–H and O–H groups in total. The summed E-state index contributed by atoms with van der Waals surface area (Å²) in [5.74, 6) is -0.0864. The molecular weight excluding hydrogens is 459 g/mol. The molecule has 0 unspecified atom stereocenters. The molecule has 0 bridgehead atoms. The van der Waals surface area contributed by atoms with E-state index in [1.807, 2.05) is 0 Å². The lowest BCUT2D eigenvalue weighted by molar-refractivity contribution is 0.251. The van der Waals surface area contributed by atoms with Crippen molar-refractivity contribution >= 4 is 55.5 Å². The van der Waals surface area contributed by atoms with Crippen LogP contribution in [0.15, 0.2) is 33.0 Å². The second-order valence-electron chi connectivity index (χ2n) is 6.11. The summed E-state index contributed by atoms with van der Waals surface area (Å²) >= 11 is 12.9. The number of anilines is 1. The van der Waals surface area contributed by atoms with E-state index in [-0.39, 0.29) is 28.1 Å². The maximum atomic E-state index is 12.6. The molecule has 3 aromatic rings. The number of nitrogens with zero attached hydrogens (tertiary/aromatic N) is 2. The minimum absolute atomic E-state index is 0.0689. The highest BCUT2D eigenvalue weighted by Crippen LogP contribution is 2.25. The average Bonchev–Trinajstić information content (AvgIpc) is 3.21. The van der Waals surface area contributed by atoms with Gasteiger partial charge in [-0.05, 0) is 31.5 Å². The fourth-order valence-corrected chi connectivity index (χ4v) is 5.37. The predicted molar refractivity (Wildman–Crippen MR) is 111 cm³/mol. The van der Waals surface area contributed by atoms with Crippen LogP contribution in [0.3, 0.4) is 0 Å². The van der Waals surface area contributed by atoms with E-state index in [4.69, 9.17) is 27.7 Å². The third kappa shape index (κ3) is 5.27. The molecule has 0 fully saturated rings. The van der Waals surface area contributed by atoms with Crippen molar-refractivity contribution < 1.29 is 17.7 Å². The quantitative estimate of drug-likeness (QED) is 0.548. The highest BCUT2D eigenvalue weighted by atomic mass is 35.5. The Morgan fingerprint density at radius 1 is 1.24 bits per heavy atom. The molecular formula is C17H16Cl2N4O4S2. The molecule has 2 heterocycles. The summed E-state index contributed by atoms with van der Waals surface area (Å²) in [6.07, 6.45) is 0. The zero-order chi connectivity index (χ0) is 21.2. The minimum atomic E-state index is -3.66. The van der Waals surface area contributed by atoms with Crippen molar-refractivity contribution in [2.24, 2.45) is 0 Å². The molecule has 0 aliphatic rings. The number of urea groups is 1. The Hall–Kier alpha value is -2.14. The Balaban J connectivity index is 1.60. The van der Waals surface area contributed by atoms with E-state index in [1.165, 1.54) is 0 Å². The van der Waals surface area contributed by atoms with Gasteiger partial charge in [0.05, 0.1) is 27.2 Å². The van der Waals surface area contributed by atoms with Crippen LogP contribution in [0.25, 0.3) is 0 Å². The first-order valence-electron chi connectivity index (χ1n) is 8.24. The zero-order valence-electron chi connectivity index (χ0n) is 15.3. The molecule has 0 saturated heterocycles. The highest BCUT2D eigenvalue weighted by molar-refractivity contribution is 7.90. The number of carbonyl (C=O) groups excluding carboxylic acids is 1. The number of rotatable bonds is 6. The fraction of sp³-hybridized carbons (Fsp3) is 0.235. The largest absolute Gasteiger partial charge is 0.360 e. The first-order valence-corrected chi connectivity index (χ1v) is 11.5. The lowest BCUT2D eigenvalue weighted by Crippen LogP contribution is -2.28. The number of hydrogen-bond donors (Lipinski definition) is 2. The number of aryl methyl sites for hydroxylation is 2. The third-order valence-corrected chi connectivity index (χ3v) is 7.25. The predicted octanol–water partition coefficient (Wildman–Crippen LogP) is 4.35. The van der Waals surface area contributed by atoms with Gasteiger partial charge in [-0.3, -0.25) is 5.32 Å². The van der Waals surface area contributed by atoms with E-state index >= 15 is 0 Å². The first kappa shape index (κ1) is 21.6. The molecule has 0 aliphatic heterocycles. The smallest absolute Gasteiger partial charge is 0.321 e. The molecule has 2 amide bonds. The van der Waals surface area contributed by atoms with Crippen LogP contribution in [-0.2, 0) is 22.1 Å². The molecule has 0 radical (unpaired) electrons. The normalized spacial score (nSPS) is 11.4. The number of sulfone groups is 1. The van der Waals surface area contributed by atoms with E-state index in [2.05, 4.69) is 20.8 Å². The molecule has 2 aromatic heterocycles. The SMILES string of the molecule is Cc1noc(C)c1S(=O)(=O)Cc1csc(NC(=O)NCc2ccc(Cl)c(Cl)c2)n1. The van der Waals surface area contributed by atoms with Crippen LogP contribution in [0.1, 0.15) is 22.7 Å². The van der Waals surface area contributed by atoms with Crippen molar-refractivity contribution in [1.29, 1.82) is 0 Å². The van der Waals surface area contributed by atoms with Crippen LogP contribution in [0.2, 0.25) is 10.0 Å². The fourth-order valence-electron chi connectivity index (χ4n) is 2.59. The molecule has 154 valence electrons. The summed E-state index contributed by atoms with van der Waals surface area (Å²) < 4.78 is 30.1. The Labute approximate surface area is 181 Å². The maximum absolute atomic E-state index is 12.6. The minimum Gasteiger partial charge on any atom is -0.360 e. The van der Waals surface area contributed by atoms with Gasteiger partial charge >= 0.3 is 6.03 Å². The van der Waals surface area contributed by atoms with E-state index in [1.54, 1.807) is 37.4 Å². The first-order chi connectivity index (χ1) is 13.7. The molecule has 8 nitrogen and oxygen atoms in total. The summed E-state index contributed by atoms with van der Waals surface area (Å²) in [6, 6.07) is 4.57. The van der Waals surface area contributed by atoms with Gasteiger partial charge in [0.1, 0.15) is 4.90 Å². The van der Waals surface area contributed by atoms with Gasteiger partial charge in [-0.1, -0.05) is 34.4 Å². The second-order valence-corrected chi connectivity index (χ2v) is 9.71. The van der Waals surface area contributed by atoms with Gasteiger partial charge in [0.2, 0.25) is 0 Å². The molecule has 12 heteroatoms. The molecule has 0 aliphatic carbocycles. The summed E-state index contributed by atoms with van der Waals surface area (Å²) in [7, 11) is -3.66. The summed E-state index contributed by atoms with van der Waals surface area (Å²) in [5, 5.41) is 11.6. The van der Waals surface area contributed by atoms with Crippen molar-refractivity contribution in [3.8, 4) is 0 Å². The monoisotopic (exact) mass is 474 g/mol. The number of nitrogens with one attached hydrogen (secondary N) is 2. The van der Waals surface area contributed by atoms with E-state index in [0.717, 1.165) is 16.9 Å². The number of aromatic nitrogens is 2. The summed E-state index contributed by atoms with van der Waals surface area (Å²) in [6.45, 7) is 3.34. The molecule has 0 saturated carbocycles. The van der Waals surface area contributed by atoms with Crippen LogP contribution in [0.4, 0.5) is 9.93 Å². The number of thiazole rings is 1. The molecule has 1 aromatic carbocycles. The van der Waals surface area contributed by atoms with Crippen molar-refractivity contribution in [2.75, 3.05) is 5.32 Å². The van der Waals surface area contributed by atoms with Crippen LogP contribution < -0.4 is 10.6 Å². The number of amides is 2. The van der Waals surface area contributed by atoms with Crippen LogP contribution >= 0.6 is 34.5 Å². The van der Waals surface area contributed by atoms with Crippen molar-refractivity contribution in [1.82, 2.24) is 15.5 Å². The summed E-state index contributed by atoms with van der Waals surface area (Å²) in [4.78, 5) is 16.3. The van der Waals surface area contributed by atoms with Gasteiger partial charge in [-0.2, -0.15) is 0 Å². The lowest BCUT2D eigenvalue weighted by atomic mass is 10.2.